The van der Waals surface area contributed by atoms with Crippen LogP contribution in [0.25, 0.3) is 0 Å². The number of hydrogen-bond acceptors (Lipinski definition) is 4. The van der Waals surface area contributed by atoms with Crippen LogP contribution in [0.1, 0.15) is 62.6 Å². The molecule has 216 valence electrons. The van der Waals surface area contributed by atoms with Crippen LogP contribution < -0.4 is 9.62 Å². The molecule has 1 atom stereocenters. The lowest BCUT2D eigenvalue weighted by molar-refractivity contribution is -0.141. The summed E-state index contributed by atoms with van der Waals surface area (Å²) in [5, 5.41) is 2.89. The first kappa shape index (κ1) is 32.1. The van der Waals surface area contributed by atoms with Crippen LogP contribution in [0.4, 0.5) is 18.9 Å². The molecule has 0 aromatic heterocycles. The second-order valence-corrected chi connectivity index (χ2v) is 11.4. The minimum Gasteiger partial charge on any atom is -0.354 e. The average Bonchev–Trinajstić information content (AvgIpc) is 2.86. The number of nitrogens with one attached hydrogen (secondary N) is 1. The minimum atomic E-state index is -4.63. The maximum Gasteiger partial charge on any atom is 0.416 e. The van der Waals surface area contributed by atoms with Gasteiger partial charge in [-0.15, -0.1) is 0 Å². The molecule has 0 fully saturated rings. The zero-order chi connectivity index (χ0) is 29.2. The van der Waals surface area contributed by atoms with Crippen molar-refractivity contribution >= 4 is 27.5 Å². The molecule has 0 spiro atoms. The number of sulfonamides is 1. The molecule has 0 bridgehead atoms. The lowest BCUT2D eigenvalue weighted by Gasteiger charge is -2.31. The third-order valence-electron chi connectivity index (χ3n) is 6.43. The van der Waals surface area contributed by atoms with Crippen molar-refractivity contribution in [1.29, 1.82) is 0 Å². The highest BCUT2D eigenvalue weighted by molar-refractivity contribution is 7.92. The molecular weight excluding hydrogens is 531 g/mol. The Labute approximate surface area is 229 Å². The highest BCUT2D eigenvalue weighted by atomic mass is 32.2. The number of aryl methyl sites for hydroxylation is 1. The minimum absolute atomic E-state index is 0.0559. The highest BCUT2D eigenvalue weighted by Gasteiger charge is 2.32. The van der Waals surface area contributed by atoms with E-state index >= 15 is 0 Å². The molecule has 7 nitrogen and oxygen atoms in total. The summed E-state index contributed by atoms with van der Waals surface area (Å²) in [5.74, 6) is -0.595. The fourth-order valence-corrected chi connectivity index (χ4v) is 5.20. The van der Waals surface area contributed by atoms with Crippen molar-refractivity contribution in [3.63, 3.8) is 0 Å². The predicted octanol–water partition coefficient (Wildman–Crippen LogP) is 5.28. The molecular formula is C28H38F3N3O4S. The monoisotopic (exact) mass is 569 g/mol. The van der Waals surface area contributed by atoms with Crippen molar-refractivity contribution in [3.05, 3.63) is 65.2 Å². The van der Waals surface area contributed by atoms with E-state index in [1.54, 1.807) is 0 Å². The van der Waals surface area contributed by atoms with Gasteiger partial charge >= 0.3 is 6.18 Å². The van der Waals surface area contributed by atoms with E-state index in [0.29, 0.717) is 13.0 Å². The second kappa shape index (κ2) is 14.3. The average molecular weight is 570 g/mol. The third-order valence-corrected chi connectivity index (χ3v) is 7.63. The van der Waals surface area contributed by atoms with Crippen molar-refractivity contribution in [2.24, 2.45) is 0 Å². The molecule has 2 amide bonds. The van der Waals surface area contributed by atoms with Crippen LogP contribution in [0.5, 0.6) is 0 Å². The summed E-state index contributed by atoms with van der Waals surface area (Å²) in [6.45, 7) is 6.26. The lowest BCUT2D eigenvalue weighted by Crippen LogP contribution is -2.49. The quantitative estimate of drug-likeness (QED) is 0.314. The first-order valence-electron chi connectivity index (χ1n) is 13.1. The highest BCUT2D eigenvalue weighted by Crippen LogP contribution is 2.32. The summed E-state index contributed by atoms with van der Waals surface area (Å²) in [4.78, 5) is 28.0. The Balaban J connectivity index is 2.25. The maximum absolute atomic E-state index is 13.5. The molecule has 0 aliphatic carbocycles. The number of alkyl halides is 3. The first-order chi connectivity index (χ1) is 18.3. The van der Waals surface area contributed by atoms with Crippen LogP contribution in [0.3, 0.4) is 0 Å². The van der Waals surface area contributed by atoms with Gasteiger partial charge in [0, 0.05) is 26.1 Å². The number of carbonyl (C=O) groups excluding carboxylic acids is 2. The van der Waals surface area contributed by atoms with Gasteiger partial charge in [0.25, 0.3) is 0 Å². The van der Waals surface area contributed by atoms with E-state index in [0.717, 1.165) is 52.7 Å². The Bertz CT molecular complexity index is 1220. The number of benzene rings is 2. The smallest absolute Gasteiger partial charge is 0.354 e. The van der Waals surface area contributed by atoms with Crippen LogP contribution in [0.2, 0.25) is 0 Å². The van der Waals surface area contributed by atoms with Gasteiger partial charge in [0.05, 0.1) is 17.5 Å². The summed E-state index contributed by atoms with van der Waals surface area (Å²) >= 11 is 0. The van der Waals surface area contributed by atoms with Crippen LogP contribution in [0.15, 0.2) is 48.5 Å². The molecule has 2 aromatic rings. The Kier molecular flexibility index (Phi) is 11.8. The van der Waals surface area contributed by atoms with Crippen molar-refractivity contribution in [2.75, 3.05) is 23.7 Å². The van der Waals surface area contributed by atoms with Crippen LogP contribution in [-0.2, 0) is 32.3 Å². The van der Waals surface area contributed by atoms with Gasteiger partial charge in [0.2, 0.25) is 21.8 Å². The third kappa shape index (κ3) is 9.56. The van der Waals surface area contributed by atoms with Crippen LogP contribution >= 0.6 is 0 Å². The first-order valence-corrected chi connectivity index (χ1v) is 14.9. The molecule has 0 unspecified atom stereocenters. The van der Waals surface area contributed by atoms with Crippen molar-refractivity contribution in [2.45, 2.75) is 71.6 Å². The summed E-state index contributed by atoms with van der Waals surface area (Å²) < 4.78 is 65.4. The van der Waals surface area contributed by atoms with Crippen LogP contribution in [0, 0.1) is 6.92 Å². The summed E-state index contributed by atoms with van der Waals surface area (Å²) in [6.07, 6.45) is -1.65. The molecule has 0 radical (unpaired) electrons. The van der Waals surface area contributed by atoms with E-state index < -0.39 is 27.8 Å². The number of anilines is 1. The van der Waals surface area contributed by atoms with Gasteiger partial charge in [0.1, 0.15) is 6.04 Å². The van der Waals surface area contributed by atoms with Gasteiger partial charge in [-0.1, -0.05) is 50.6 Å². The van der Waals surface area contributed by atoms with E-state index in [1.165, 1.54) is 11.0 Å². The molecule has 0 saturated heterocycles. The number of rotatable bonds is 14. The van der Waals surface area contributed by atoms with Gasteiger partial charge in [-0.25, -0.2) is 8.42 Å². The molecule has 0 aliphatic heterocycles. The standard InChI is InChI=1S/C28H38F3N3O4S/c1-5-7-17-32-27(36)25(6-2)33(20-22-13-9-8-12-21(22)3)26(35)16-11-18-34(39(4,37)38)24-15-10-14-23(19-24)28(29,30)31/h8-10,12-15,19,25H,5-7,11,16-18,20H2,1-4H3,(H,32,36)/t25-/m1/s1. The SMILES string of the molecule is CCCCNC(=O)[C@@H](CC)N(Cc1ccccc1C)C(=O)CCCN(c1cccc(C(F)(F)F)c1)S(C)(=O)=O. The molecule has 2 rings (SSSR count). The van der Waals surface area contributed by atoms with Crippen molar-refractivity contribution < 1.29 is 31.2 Å². The molecule has 39 heavy (non-hydrogen) atoms. The molecule has 1 N–H and O–H groups in total. The normalized spacial score (nSPS) is 12.6. The lowest BCUT2D eigenvalue weighted by atomic mass is 10.1. The van der Waals surface area contributed by atoms with E-state index in [4.69, 9.17) is 0 Å². The predicted molar refractivity (Wildman–Crippen MR) is 147 cm³/mol. The Morgan fingerprint density at radius 3 is 2.31 bits per heavy atom. The van der Waals surface area contributed by atoms with Gasteiger partial charge in [-0.2, -0.15) is 13.2 Å². The van der Waals surface area contributed by atoms with E-state index in [2.05, 4.69) is 5.32 Å². The van der Waals surface area contributed by atoms with Crippen LogP contribution in [-0.4, -0.2) is 50.5 Å². The summed E-state index contributed by atoms with van der Waals surface area (Å²) in [6, 6.07) is 10.9. The number of amides is 2. The number of unbranched alkanes of at least 4 members (excludes halogenated alkanes) is 1. The fourth-order valence-electron chi connectivity index (χ4n) is 4.24. The Morgan fingerprint density at radius 1 is 1.03 bits per heavy atom. The summed E-state index contributed by atoms with van der Waals surface area (Å²) in [7, 11) is -3.92. The number of halogens is 3. The Hall–Kier alpha value is -3.08. The molecule has 2 aromatic carbocycles. The van der Waals surface area contributed by atoms with Crippen molar-refractivity contribution in [3.8, 4) is 0 Å². The number of nitrogens with zero attached hydrogens (tertiary/aromatic N) is 2. The zero-order valence-electron chi connectivity index (χ0n) is 22.9. The Morgan fingerprint density at radius 2 is 1.72 bits per heavy atom. The van der Waals surface area contributed by atoms with Crippen molar-refractivity contribution in [1.82, 2.24) is 10.2 Å². The zero-order valence-corrected chi connectivity index (χ0v) is 23.7. The molecule has 11 heteroatoms. The van der Waals surface area contributed by atoms with E-state index in [-0.39, 0.29) is 43.4 Å². The van der Waals surface area contributed by atoms with Gasteiger partial charge < -0.3 is 10.2 Å². The molecule has 0 heterocycles. The number of carbonyl (C=O) groups is 2. The second-order valence-electron chi connectivity index (χ2n) is 9.50. The topological polar surface area (TPSA) is 86.8 Å². The molecule has 0 aliphatic rings. The summed E-state index contributed by atoms with van der Waals surface area (Å²) in [5.41, 5.74) is 0.754. The van der Waals surface area contributed by atoms with Gasteiger partial charge in [-0.05, 0) is 55.5 Å². The maximum atomic E-state index is 13.5. The number of hydrogen-bond donors (Lipinski definition) is 1. The van der Waals surface area contributed by atoms with Gasteiger partial charge in [0.15, 0.2) is 0 Å². The largest absolute Gasteiger partial charge is 0.416 e. The fraction of sp³-hybridized carbons (Fsp3) is 0.500. The molecule has 0 saturated carbocycles. The van der Waals surface area contributed by atoms with E-state index in [9.17, 15) is 31.2 Å². The van der Waals surface area contributed by atoms with Gasteiger partial charge in [-0.3, -0.25) is 13.9 Å². The van der Waals surface area contributed by atoms with E-state index in [1.807, 2.05) is 45.0 Å².